The Morgan fingerprint density at radius 3 is 2.05 bits per heavy atom. The SMILES string of the molecule is CC(O)(/C=C/B1OC(C)(C)C(C)(C)O1)c1ccccc1. The molecule has 1 aromatic rings. The van der Waals surface area contributed by atoms with Crippen LogP contribution in [0, 0.1) is 0 Å². The van der Waals surface area contributed by atoms with Gasteiger partial charge in [0.25, 0.3) is 0 Å². The lowest BCUT2D eigenvalue weighted by atomic mass is 9.85. The van der Waals surface area contributed by atoms with E-state index < -0.39 is 12.7 Å². The first-order chi connectivity index (χ1) is 9.14. The van der Waals surface area contributed by atoms with Gasteiger partial charge >= 0.3 is 7.12 Å². The maximum atomic E-state index is 10.5. The van der Waals surface area contributed by atoms with Gasteiger partial charge in [0.2, 0.25) is 0 Å². The van der Waals surface area contributed by atoms with E-state index in [0.29, 0.717) is 0 Å². The van der Waals surface area contributed by atoms with Crippen molar-refractivity contribution in [3.63, 3.8) is 0 Å². The Balaban J connectivity index is 2.11. The summed E-state index contributed by atoms with van der Waals surface area (Å²) in [5.41, 5.74) is -0.917. The predicted molar refractivity (Wildman–Crippen MR) is 81.2 cm³/mol. The summed E-state index contributed by atoms with van der Waals surface area (Å²) in [6, 6.07) is 9.54. The molecule has 1 unspecified atom stereocenters. The molecule has 1 aromatic carbocycles. The molecule has 1 N–H and O–H groups in total. The molecule has 1 aliphatic rings. The molecule has 1 aliphatic heterocycles. The minimum Gasteiger partial charge on any atom is -0.400 e. The number of benzene rings is 1. The highest BCUT2D eigenvalue weighted by Gasteiger charge is 2.50. The third kappa shape index (κ3) is 2.98. The monoisotopic (exact) mass is 274 g/mol. The van der Waals surface area contributed by atoms with Crippen molar-refractivity contribution in [3.8, 4) is 0 Å². The molecule has 1 saturated heterocycles. The minimum atomic E-state index is -1.04. The van der Waals surface area contributed by atoms with Gasteiger partial charge in [-0.3, -0.25) is 0 Å². The summed E-state index contributed by atoms with van der Waals surface area (Å²) < 4.78 is 11.8. The van der Waals surface area contributed by atoms with Crippen LogP contribution >= 0.6 is 0 Å². The first-order valence-corrected chi connectivity index (χ1v) is 6.97. The van der Waals surface area contributed by atoms with Crippen LogP contribution in [0.15, 0.2) is 42.4 Å². The fraction of sp³-hybridized carbons (Fsp3) is 0.500. The topological polar surface area (TPSA) is 38.7 Å². The van der Waals surface area contributed by atoms with E-state index in [-0.39, 0.29) is 11.2 Å². The highest BCUT2D eigenvalue weighted by atomic mass is 16.7. The highest BCUT2D eigenvalue weighted by Crippen LogP contribution is 2.37. The van der Waals surface area contributed by atoms with Gasteiger partial charge < -0.3 is 14.4 Å². The zero-order valence-corrected chi connectivity index (χ0v) is 12.9. The minimum absolute atomic E-state index is 0.361. The third-order valence-corrected chi connectivity index (χ3v) is 4.21. The molecule has 2 rings (SSSR count). The average Bonchev–Trinajstić information content (AvgIpc) is 2.57. The van der Waals surface area contributed by atoms with Crippen LogP contribution in [-0.4, -0.2) is 23.4 Å². The van der Waals surface area contributed by atoms with Crippen LogP contribution in [0.4, 0.5) is 0 Å². The van der Waals surface area contributed by atoms with E-state index >= 15 is 0 Å². The fourth-order valence-electron chi connectivity index (χ4n) is 2.10. The maximum Gasteiger partial charge on any atom is 0.486 e. The molecule has 1 atom stereocenters. The van der Waals surface area contributed by atoms with E-state index in [1.165, 1.54) is 0 Å². The second kappa shape index (κ2) is 5.03. The summed E-state index contributed by atoms with van der Waals surface area (Å²) in [4.78, 5) is 0. The largest absolute Gasteiger partial charge is 0.486 e. The quantitative estimate of drug-likeness (QED) is 0.861. The van der Waals surface area contributed by atoms with Crippen LogP contribution < -0.4 is 0 Å². The summed E-state index contributed by atoms with van der Waals surface area (Å²) in [5.74, 6) is 1.78. The molecule has 3 nitrogen and oxygen atoms in total. The van der Waals surface area contributed by atoms with Crippen molar-refractivity contribution in [1.29, 1.82) is 0 Å². The van der Waals surface area contributed by atoms with Crippen LogP contribution in [0.2, 0.25) is 0 Å². The molecule has 0 aromatic heterocycles. The lowest BCUT2D eigenvalue weighted by Gasteiger charge is -2.32. The van der Waals surface area contributed by atoms with Crippen molar-refractivity contribution in [2.75, 3.05) is 0 Å². The summed E-state index contributed by atoms with van der Waals surface area (Å²) in [7, 11) is -0.435. The van der Waals surface area contributed by atoms with Crippen LogP contribution in [0.3, 0.4) is 0 Å². The highest BCUT2D eigenvalue weighted by molar-refractivity contribution is 6.51. The van der Waals surface area contributed by atoms with Gasteiger partial charge in [0.15, 0.2) is 0 Å². The van der Waals surface area contributed by atoms with Gasteiger partial charge in [-0.05, 0) is 40.2 Å². The van der Waals surface area contributed by atoms with Gasteiger partial charge in [-0.15, -0.1) is 0 Å². The van der Waals surface area contributed by atoms with Crippen LogP contribution in [0.25, 0.3) is 0 Å². The number of aliphatic hydroxyl groups is 1. The summed E-state index contributed by atoms with van der Waals surface area (Å²) in [6.07, 6.45) is 1.73. The summed E-state index contributed by atoms with van der Waals surface area (Å²) >= 11 is 0. The van der Waals surface area contributed by atoms with E-state index in [1.807, 2.05) is 58.0 Å². The van der Waals surface area contributed by atoms with E-state index in [9.17, 15) is 5.11 Å². The molecular weight excluding hydrogens is 251 g/mol. The third-order valence-electron chi connectivity index (χ3n) is 4.21. The summed E-state index contributed by atoms with van der Waals surface area (Å²) in [6.45, 7) is 9.79. The van der Waals surface area contributed by atoms with Crippen molar-refractivity contribution in [2.45, 2.75) is 51.4 Å². The second-order valence-corrected chi connectivity index (χ2v) is 6.50. The fourth-order valence-corrected chi connectivity index (χ4v) is 2.10. The van der Waals surface area contributed by atoms with E-state index in [4.69, 9.17) is 9.31 Å². The van der Waals surface area contributed by atoms with Crippen LogP contribution in [0.1, 0.15) is 40.2 Å². The van der Waals surface area contributed by atoms with Gasteiger partial charge in [-0.2, -0.15) is 0 Å². The Kier molecular flexibility index (Phi) is 3.84. The van der Waals surface area contributed by atoms with E-state index in [0.717, 1.165) is 5.56 Å². The number of hydrogen-bond acceptors (Lipinski definition) is 3. The molecule has 0 amide bonds. The number of hydrogen-bond donors (Lipinski definition) is 1. The Morgan fingerprint density at radius 1 is 1.05 bits per heavy atom. The Bertz CT molecular complexity index is 476. The normalized spacial score (nSPS) is 24.0. The molecule has 0 saturated carbocycles. The van der Waals surface area contributed by atoms with Crippen LogP contribution in [-0.2, 0) is 14.9 Å². The molecule has 20 heavy (non-hydrogen) atoms. The molecule has 108 valence electrons. The number of rotatable bonds is 3. The molecule has 0 spiro atoms. The molecule has 0 radical (unpaired) electrons. The second-order valence-electron chi connectivity index (χ2n) is 6.50. The standard InChI is InChI=1S/C16H23BO3/c1-14(2)15(3,4)20-17(19-14)12-11-16(5,18)13-9-7-6-8-10-13/h6-12,18H,1-5H3/b12-11+. The van der Waals surface area contributed by atoms with Gasteiger partial charge in [-0.1, -0.05) is 42.4 Å². The predicted octanol–water partition coefficient (Wildman–Crippen LogP) is 3.08. The van der Waals surface area contributed by atoms with Gasteiger partial charge in [-0.25, -0.2) is 0 Å². The Labute approximate surface area is 121 Å². The Morgan fingerprint density at radius 2 is 1.55 bits per heavy atom. The first-order valence-electron chi connectivity index (χ1n) is 6.97. The molecule has 1 fully saturated rings. The summed E-state index contributed by atoms with van der Waals surface area (Å²) in [5, 5.41) is 10.5. The lowest BCUT2D eigenvalue weighted by molar-refractivity contribution is 0.00578. The van der Waals surface area contributed by atoms with Gasteiger partial charge in [0.1, 0.15) is 5.60 Å². The molecule has 4 heteroatoms. The first kappa shape index (κ1) is 15.3. The maximum absolute atomic E-state index is 10.5. The molecule has 0 aliphatic carbocycles. The van der Waals surface area contributed by atoms with E-state index in [1.54, 1.807) is 19.0 Å². The smallest absolute Gasteiger partial charge is 0.400 e. The van der Waals surface area contributed by atoms with E-state index in [2.05, 4.69) is 0 Å². The van der Waals surface area contributed by atoms with Crippen molar-refractivity contribution in [3.05, 3.63) is 47.9 Å². The van der Waals surface area contributed by atoms with Crippen molar-refractivity contribution >= 4 is 7.12 Å². The molecule has 0 bridgehead atoms. The van der Waals surface area contributed by atoms with Crippen molar-refractivity contribution in [1.82, 2.24) is 0 Å². The molecular formula is C16H23BO3. The van der Waals surface area contributed by atoms with Crippen molar-refractivity contribution in [2.24, 2.45) is 0 Å². The van der Waals surface area contributed by atoms with Gasteiger partial charge in [0.05, 0.1) is 11.2 Å². The molecule has 1 heterocycles. The lowest BCUT2D eigenvalue weighted by Crippen LogP contribution is -2.41. The zero-order valence-electron chi connectivity index (χ0n) is 12.9. The van der Waals surface area contributed by atoms with Crippen LogP contribution in [0.5, 0.6) is 0 Å². The van der Waals surface area contributed by atoms with Gasteiger partial charge in [0, 0.05) is 0 Å². The zero-order chi connectivity index (χ0) is 15.0. The Hall–Kier alpha value is -1.10. The average molecular weight is 274 g/mol. The van der Waals surface area contributed by atoms with Crippen molar-refractivity contribution < 1.29 is 14.4 Å².